The summed E-state index contributed by atoms with van der Waals surface area (Å²) < 4.78 is 10.5. The van der Waals surface area contributed by atoms with Gasteiger partial charge in [0.05, 0.1) is 11.6 Å². The van der Waals surface area contributed by atoms with E-state index in [4.69, 9.17) is 14.7 Å². The number of carbonyl (C=O) groups excluding carboxylic acids is 2. The van der Waals surface area contributed by atoms with Crippen molar-refractivity contribution in [1.82, 2.24) is 4.90 Å². The van der Waals surface area contributed by atoms with Gasteiger partial charge in [-0.3, -0.25) is 4.79 Å². The smallest absolute Gasteiger partial charge is 0.344 e. The molecule has 156 valence electrons. The van der Waals surface area contributed by atoms with Gasteiger partial charge < -0.3 is 14.4 Å². The van der Waals surface area contributed by atoms with Gasteiger partial charge in [-0.1, -0.05) is 60.7 Å². The van der Waals surface area contributed by atoms with E-state index in [1.807, 2.05) is 66.7 Å². The molecule has 6 heteroatoms. The fraction of sp³-hybridized carbons (Fsp3) is 0.160. The summed E-state index contributed by atoms with van der Waals surface area (Å²) in [6.07, 6.45) is 0. The van der Waals surface area contributed by atoms with E-state index in [1.165, 1.54) is 0 Å². The minimum atomic E-state index is -0.642. The van der Waals surface area contributed by atoms with E-state index in [0.29, 0.717) is 24.4 Å². The zero-order chi connectivity index (χ0) is 21.9. The lowest BCUT2D eigenvalue weighted by Gasteiger charge is -2.23. The van der Waals surface area contributed by atoms with Crippen molar-refractivity contribution in [3.63, 3.8) is 0 Å². The van der Waals surface area contributed by atoms with E-state index >= 15 is 0 Å². The summed E-state index contributed by atoms with van der Waals surface area (Å²) in [6, 6.07) is 27.7. The van der Waals surface area contributed by atoms with Crippen LogP contribution >= 0.6 is 0 Å². The van der Waals surface area contributed by atoms with Crippen LogP contribution < -0.4 is 4.74 Å². The van der Waals surface area contributed by atoms with Crippen LogP contribution in [0, 0.1) is 11.3 Å². The molecule has 0 radical (unpaired) electrons. The summed E-state index contributed by atoms with van der Waals surface area (Å²) in [5.74, 6) is -0.492. The first kappa shape index (κ1) is 21.6. The van der Waals surface area contributed by atoms with Crippen molar-refractivity contribution < 1.29 is 19.1 Å². The van der Waals surface area contributed by atoms with E-state index in [1.54, 1.807) is 29.2 Å². The van der Waals surface area contributed by atoms with Gasteiger partial charge in [-0.2, -0.15) is 5.26 Å². The summed E-state index contributed by atoms with van der Waals surface area (Å²) in [5.41, 5.74) is 2.47. The van der Waals surface area contributed by atoms with Crippen molar-refractivity contribution in [2.45, 2.75) is 13.1 Å². The molecule has 0 aromatic heterocycles. The third kappa shape index (κ3) is 7.02. The van der Waals surface area contributed by atoms with Gasteiger partial charge in [-0.25, -0.2) is 4.79 Å². The fourth-order valence-electron chi connectivity index (χ4n) is 2.88. The third-order valence-corrected chi connectivity index (χ3v) is 4.48. The average molecular weight is 414 g/mol. The Balaban J connectivity index is 1.54. The lowest BCUT2D eigenvalue weighted by molar-refractivity contribution is -0.154. The monoisotopic (exact) mass is 414 g/mol. The largest absolute Gasteiger partial charge is 0.482 e. The van der Waals surface area contributed by atoms with Gasteiger partial charge in [0.15, 0.2) is 13.2 Å². The molecule has 3 aromatic rings. The summed E-state index contributed by atoms with van der Waals surface area (Å²) in [7, 11) is 0. The minimum absolute atomic E-state index is 0.292. The molecule has 0 saturated carbocycles. The maximum absolute atomic E-state index is 12.8. The normalized spacial score (nSPS) is 10.0. The number of carbonyl (C=O) groups is 2. The second-order valence-electron chi connectivity index (χ2n) is 6.81. The van der Waals surface area contributed by atoms with E-state index in [9.17, 15) is 9.59 Å². The number of benzene rings is 3. The zero-order valence-electron chi connectivity index (χ0n) is 16.9. The molecule has 3 aromatic carbocycles. The molecular formula is C25H22N2O4. The average Bonchev–Trinajstić information content (AvgIpc) is 2.82. The van der Waals surface area contributed by atoms with Gasteiger partial charge in [0.1, 0.15) is 5.75 Å². The van der Waals surface area contributed by atoms with Gasteiger partial charge in [0, 0.05) is 13.1 Å². The molecule has 0 spiro atoms. The molecule has 0 bridgehead atoms. The van der Waals surface area contributed by atoms with Gasteiger partial charge >= 0.3 is 5.97 Å². The lowest BCUT2D eigenvalue weighted by atomic mass is 10.1. The van der Waals surface area contributed by atoms with E-state index < -0.39 is 5.97 Å². The number of amides is 1. The minimum Gasteiger partial charge on any atom is -0.482 e. The van der Waals surface area contributed by atoms with Gasteiger partial charge in [0.25, 0.3) is 5.91 Å². The van der Waals surface area contributed by atoms with Crippen molar-refractivity contribution in [1.29, 1.82) is 5.26 Å². The van der Waals surface area contributed by atoms with Crippen LogP contribution in [-0.2, 0) is 27.4 Å². The molecule has 3 rings (SSSR count). The highest BCUT2D eigenvalue weighted by Gasteiger charge is 2.17. The second-order valence-corrected chi connectivity index (χ2v) is 6.81. The molecule has 0 fully saturated rings. The van der Waals surface area contributed by atoms with Crippen LogP contribution in [0.5, 0.6) is 5.75 Å². The Morgan fingerprint density at radius 1 is 0.774 bits per heavy atom. The maximum Gasteiger partial charge on any atom is 0.344 e. The predicted octanol–water partition coefficient (Wildman–Crippen LogP) is 3.71. The first-order valence-corrected chi connectivity index (χ1v) is 9.78. The Bertz CT molecular complexity index is 987. The molecule has 0 aliphatic rings. The van der Waals surface area contributed by atoms with E-state index in [0.717, 1.165) is 11.1 Å². The van der Waals surface area contributed by atoms with Crippen molar-refractivity contribution >= 4 is 11.9 Å². The summed E-state index contributed by atoms with van der Waals surface area (Å²) in [4.78, 5) is 26.4. The van der Waals surface area contributed by atoms with Gasteiger partial charge in [-0.15, -0.1) is 0 Å². The Kier molecular flexibility index (Phi) is 7.78. The Labute approximate surface area is 181 Å². The summed E-state index contributed by atoms with van der Waals surface area (Å²) >= 11 is 0. The SMILES string of the molecule is N#Cc1ccc(OCC(=O)OCC(=O)N(Cc2ccccc2)Cc2ccccc2)cc1. The predicted molar refractivity (Wildman–Crippen MR) is 115 cm³/mol. The molecule has 31 heavy (non-hydrogen) atoms. The molecule has 0 saturated heterocycles. The van der Waals surface area contributed by atoms with Crippen LogP contribution in [0.15, 0.2) is 84.9 Å². The van der Waals surface area contributed by atoms with Gasteiger partial charge in [-0.05, 0) is 35.4 Å². The Morgan fingerprint density at radius 2 is 1.32 bits per heavy atom. The van der Waals surface area contributed by atoms with E-state index in [-0.39, 0.29) is 19.1 Å². The maximum atomic E-state index is 12.8. The molecule has 0 heterocycles. The second kappa shape index (κ2) is 11.2. The molecule has 0 aliphatic heterocycles. The highest BCUT2D eigenvalue weighted by Crippen LogP contribution is 2.12. The quantitative estimate of drug-likeness (QED) is 0.499. The highest BCUT2D eigenvalue weighted by molar-refractivity contribution is 5.81. The van der Waals surface area contributed by atoms with Crippen LogP contribution in [0.25, 0.3) is 0 Å². The van der Waals surface area contributed by atoms with Crippen molar-refractivity contribution in [3.05, 3.63) is 102 Å². The topological polar surface area (TPSA) is 79.6 Å². The number of hydrogen-bond donors (Lipinski definition) is 0. The number of esters is 1. The number of rotatable bonds is 9. The molecule has 0 unspecified atom stereocenters. The third-order valence-electron chi connectivity index (χ3n) is 4.48. The molecule has 0 aliphatic carbocycles. The number of nitriles is 1. The van der Waals surface area contributed by atoms with Crippen LogP contribution in [0.2, 0.25) is 0 Å². The van der Waals surface area contributed by atoms with Crippen LogP contribution in [0.1, 0.15) is 16.7 Å². The lowest BCUT2D eigenvalue weighted by Crippen LogP contribution is -2.34. The Hall–Kier alpha value is -4.11. The van der Waals surface area contributed by atoms with Crippen LogP contribution in [0.4, 0.5) is 0 Å². The van der Waals surface area contributed by atoms with Crippen molar-refractivity contribution in [3.8, 4) is 11.8 Å². The highest BCUT2D eigenvalue weighted by atomic mass is 16.6. The van der Waals surface area contributed by atoms with E-state index in [2.05, 4.69) is 0 Å². The van der Waals surface area contributed by atoms with Crippen molar-refractivity contribution in [2.24, 2.45) is 0 Å². The first-order chi connectivity index (χ1) is 15.1. The summed E-state index contributed by atoms with van der Waals surface area (Å²) in [5, 5.41) is 8.80. The Morgan fingerprint density at radius 3 is 1.84 bits per heavy atom. The van der Waals surface area contributed by atoms with Crippen molar-refractivity contribution in [2.75, 3.05) is 13.2 Å². The number of ether oxygens (including phenoxy) is 2. The van der Waals surface area contributed by atoms with Gasteiger partial charge in [0.2, 0.25) is 0 Å². The number of nitrogens with zero attached hydrogens (tertiary/aromatic N) is 2. The fourth-order valence-corrected chi connectivity index (χ4v) is 2.88. The molecule has 0 N–H and O–H groups in total. The first-order valence-electron chi connectivity index (χ1n) is 9.78. The molecule has 0 atom stereocenters. The standard InChI is InChI=1S/C25H22N2O4/c26-15-20-11-13-23(14-12-20)30-19-25(29)31-18-24(28)27(16-21-7-3-1-4-8-21)17-22-9-5-2-6-10-22/h1-14H,16-19H2. The molecule has 1 amide bonds. The summed E-state index contributed by atoms with van der Waals surface area (Å²) in [6.45, 7) is 0.132. The molecular weight excluding hydrogens is 392 g/mol. The number of hydrogen-bond acceptors (Lipinski definition) is 5. The molecule has 6 nitrogen and oxygen atoms in total. The zero-order valence-corrected chi connectivity index (χ0v) is 16.9. The van der Waals surface area contributed by atoms with Crippen LogP contribution in [-0.4, -0.2) is 30.0 Å². The van der Waals surface area contributed by atoms with Crippen LogP contribution in [0.3, 0.4) is 0 Å².